The molecule has 2 aliphatic heterocycles. The Labute approximate surface area is 129 Å². The van der Waals surface area contributed by atoms with Crippen LogP contribution in [0, 0.1) is 0 Å². The number of piperazine rings is 1. The molecule has 0 aromatic carbocycles. The lowest BCUT2D eigenvalue weighted by Crippen LogP contribution is -2.55. The molecule has 2 aliphatic rings. The summed E-state index contributed by atoms with van der Waals surface area (Å²) in [7, 11) is 0. The van der Waals surface area contributed by atoms with Crippen LogP contribution in [-0.4, -0.2) is 85.7 Å². The van der Waals surface area contributed by atoms with E-state index in [1.807, 2.05) is 11.8 Å². The minimum Gasteiger partial charge on any atom is -0.380 e. The van der Waals surface area contributed by atoms with Gasteiger partial charge in [-0.3, -0.25) is 14.6 Å². The van der Waals surface area contributed by atoms with E-state index in [-0.39, 0.29) is 0 Å². The lowest BCUT2D eigenvalue weighted by atomic mass is 10.1. The number of rotatable bonds is 7. The van der Waals surface area contributed by atoms with E-state index in [2.05, 4.69) is 16.7 Å². The Bertz CT molecular complexity index is 319. The van der Waals surface area contributed by atoms with Crippen LogP contribution >= 0.6 is 0 Å². The molecule has 5 nitrogen and oxygen atoms in total. The Morgan fingerprint density at radius 3 is 2.57 bits per heavy atom. The van der Waals surface area contributed by atoms with Crippen molar-refractivity contribution < 1.29 is 9.53 Å². The van der Waals surface area contributed by atoms with Crippen LogP contribution in [-0.2, 0) is 9.53 Å². The number of hydrogen-bond acceptors (Lipinski definition) is 4. The summed E-state index contributed by atoms with van der Waals surface area (Å²) in [6.07, 6.45) is 3.49. The van der Waals surface area contributed by atoms with Crippen molar-refractivity contribution in [3.05, 3.63) is 0 Å². The Balaban J connectivity index is 1.75. The predicted molar refractivity (Wildman–Crippen MR) is 84.4 cm³/mol. The van der Waals surface area contributed by atoms with Gasteiger partial charge in [0.25, 0.3) is 0 Å². The molecule has 0 bridgehead atoms. The van der Waals surface area contributed by atoms with Crippen LogP contribution in [0.1, 0.15) is 33.1 Å². The number of amides is 1. The third kappa shape index (κ3) is 4.94. The third-order valence-corrected chi connectivity index (χ3v) is 4.70. The summed E-state index contributed by atoms with van der Waals surface area (Å²) in [4.78, 5) is 19.1. The maximum Gasteiger partial charge on any atom is 0.236 e. The van der Waals surface area contributed by atoms with E-state index >= 15 is 0 Å². The van der Waals surface area contributed by atoms with Crippen molar-refractivity contribution in [2.24, 2.45) is 0 Å². The van der Waals surface area contributed by atoms with Gasteiger partial charge in [0.1, 0.15) is 0 Å². The topological polar surface area (TPSA) is 36.0 Å². The number of carbonyl (C=O) groups is 1. The normalized spacial score (nSPS) is 24.7. The summed E-state index contributed by atoms with van der Waals surface area (Å²) in [5.74, 6) is 0.324. The summed E-state index contributed by atoms with van der Waals surface area (Å²) < 4.78 is 5.47. The van der Waals surface area contributed by atoms with Crippen LogP contribution in [0.3, 0.4) is 0 Å². The standard InChI is InChI=1S/C16H31N3O2/c1-3-15-13-17(9-10-18(15)11-12-21-4-2)14-16(20)19-7-5-6-8-19/h15H,3-14H2,1-2H3. The lowest BCUT2D eigenvalue weighted by Gasteiger charge is -2.41. The maximum atomic E-state index is 12.3. The first kappa shape index (κ1) is 16.7. The van der Waals surface area contributed by atoms with E-state index in [0.717, 1.165) is 58.9 Å². The van der Waals surface area contributed by atoms with Crippen LogP contribution in [0.4, 0.5) is 0 Å². The Kier molecular flexibility index (Phi) is 6.93. The molecule has 1 unspecified atom stereocenters. The average molecular weight is 297 g/mol. The fourth-order valence-corrected chi connectivity index (χ4v) is 3.37. The number of carbonyl (C=O) groups excluding carboxylic acids is 1. The first-order valence-corrected chi connectivity index (χ1v) is 8.56. The molecule has 5 heteroatoms. The van der Waals surface area contributed by atoms with E-state index in [1.165, 1.54) is 12.8 Å². The molecule has 0 radical (unpaired) electrons. The zero-order chi connectivity index (χ0) is 15.1. The van der Waals surface area contributed by atoms with Crippen molar-refractivity contribution in [1.29, 1.82) is 0 Å². The molecule has 2 fully saturated rings. The third-order valence-electron chi connectivity index (χ3n) is 4.70. The molecule has 0 spiro atoms. The summed E-state index contributed by atoms with van der Waals surface area (Å²) in [5, 5.41) is 0. The Hall–Kier alpha value is -0.650. The van der Waals surface area contributed by atoms with E-state index < -0.39 is 0 Å². The van der Waals surface area contributed by atoms with Crippen LogP contribution in [0.5, 0.6) is 0 Å². The number of likely N-dealkylation sites (tertiary alicyclic amines) is 1. The molecule has 2 heterocycles. The quantitative estimate of drug-likeness (QED) is 0.658. The first-order valence-electron chi connectivity index (χ1n) is 8.56. The SMILES string of the molecule is CCOCCN1CCN(CC(=O)N2CCCC2)CC1CC. The first-order chi connectivity index (χ1) is 10.2. The van der Waals surface area contributed by atoms with Crippen LogP contribution in [0.2, 0.25) is 0 Å². The molecule has 0 N–H and O–H groups in total. The van der Waals surface area contributed by atoms with Gasteiger partial charge in [-0.2, -0.15) is 0 Å². The molecular weight excluding hydrogens is 266 g/mol. The largest absolute Gasteiger partial charge is 0.380 e. The average Bonchev–Trinajstić information content (AvgIpc) is 3.03. The molecule has 0 aliphatic carbocycles. The summed E-state index contributed by atoms with van der Waals surface area (Å²) >= 11 is 0. The minimum atomic E-state index is 0.324. The zero-order valence-corrected chi connectivity index (χ0v) is 13.7. The fraction of sp³-hybridized carbons (Fsp3) is 0.938. The van der Waals surface area contributed by atoms with Crippen LogP contribution < -0.4 is 0 Å². The molecule has 21 heavy (non-hydrogen) atoms. The Morgan fingerprint density at radius 2 is 1.90 bits per heavy atom. The van der Waals surface area contributed by atoms with Gasteiger partial charge in [-0.15, -0.1) is 0 Å². The van der Waals surface area contributed by atoms with Gasteiger partial charge in [0, 0.05) is 51.9 Å². The van der Waals surface area contributed by atoms with Gasteiger partial charge in [-0.25, -0.2) is 0 Å². The predicted octanol–water partition coefficient (Wildman–Crippen LogP) is 1.04. The van der Waals surface area contributed by atoms with Crippen LogP contribution in [0.25, 0.3) is 0 Å². The van der Waals surface area contributed by atoms with Gasteiger partial charge >= 0.3 is 0 Å². The highest BCUT2D eigenvalue weighted by Gasteiger charge is 2.28. The zero-order valence-electron chi connectivity index (χ0n) is 13.7. The molecular formula is C16H31N3O2. The molecule has 0 saturated carbocycles. The minimum absolute atomic E-state index is 0.324. The van der Waals surface area contributed by atoms with Crippen molar-refractivity contribution in [3.63, 3.8) is 0 Å². The Morgan fingerprint density at radius 1 is 1.14 bits per heavy atom. The highest BCUT2D eigenvalue weighted by molar-refractivity contribution is 5.78. The van der Waals surface area contributed by atoms with Crippen molar-refractivity contribution >= 4 is 5.91 Å². The van der Waals surface area contributed by atoms with E-state index in [1.54, 1.807) is 0 Å². The van der Waals surface area contributed by atoms with E-state index in [4.69, 9.17) is 4.74 Å². The summed E-state index contributed by atoms with van der Waals surface area (Å²) in [6, 6.07) is 0.561. The smallest absolute Gasteiger partial charge is 0.236 e. The molecule has 2 rings (SSSR count). The molecule has 0 aromatic rings. The van der Waals surface area contributed by atoms with Crippen molar-refractivity contribution in [3.8, 4) is 0 Å². The molecule has 1 amide bonds. The van der Waals surface area contributed by atoms with Crippen molar-refractivity contribution in [2.45, 2.75) is 39.2 Å². The lowest BCUT2D eigenvalue weighted by molar-refractivity contribution is -0.132. The molecule has 2 saturated heterocycles. The number of hydrogen-bond donors (Lipinski definition) is 0. The highest BCUT2D eigenvalue weighted by Crippen LogP contribution is 2.14. The summed E-state index contributed by atoms with van der Waals surface area (Å²) in [6.45, 7) is 12.5. The highest BCUT2D eigenvalue weighted by atomic mass is 16.5. The van der Waals surface area contributed by atoms with Gasteiger partial charge in [0.15, 0.2) is 0 Å². The van der Waals surface area contributed by atoms with Gasteiger partial charge < -0.3 is 9.64 Å². The maximum absolute atomic E-state index is 12.3. The van der Waals surface area contributed by atoms with Crippen molar-refractivity contribution in [2.75, 3.05) is 59.0 Å². The van der Waals surface area contributed by atoms with Gasteiger partial charge in [0.05, 0.1) is 13.2 Å². The van der Waals surface area contributed by atoms with Gasteiger partial charge in [0.2, 0.25) is 5.91 Å². The second-order valence-corrected chi connectivity index (χ2v) is 6.12. The van der Waals surface area contributed by atoms with Gasteiger partial charge in [-0.1, -0.05) is 6.92 Å². The van der Waals surface area contributed by atoms with E-state index in [0.29, 0.717) is 18.5 Å². The van der Waals surface area contributed by atoms with Crippen LogP contribution in [0.15, 0.2) is 0 Å². The number of ether oxygens (including phenoxy) is 1. The monoisotopic (exact) mass is 297 g/mol. The second-order valence-electron chi connectivity index (χ2n) is 6.12. The van der Waals surface area contributed by atoms with Gasteiger partial charge in [-0.05, 0) is 26.2 Å². The molecule has 0 aromatic heterocycles. The number of nitrogens with zero attached hydrogens (tertiary/aromatic N) is 3. The fourth-order valence-electron chi connectivity index (χ4n) is 3.37. The molecule has 122 valence electrons. The molecule has 1 atom stereocenters. The summed E-state index contributed by atoms with van der Waals surface area (Å²) in [5.41, 5.74) is 0. The van der Waals surface area contributed by atoms with Crippen molar-refractivity contribution in [1.82, 2.24) is 14.7 Å². The van der Waals surface area contributed by atoms with E-state index in [9.17, 15) is 4.79 Å². The second kappa shape index (κ2) is 8.71.